The average Bonchev–Trinajstić information content (AvgIpc) is 2.84. The largest absolute Gasteiger partial charge is 0.497 e. The minimum absolute atomic E-state index is 0.167. The van der Waals surface area contributed by atoms with Crippen molar-refractivity contribution in [3.63, 3.8) is 0 Å². The van der Waals surface area contributed by atoms with Crippen LogP contribution >= 0.6 is 0 Å². The van der Waals surface area contributed by atoms with E-state index in [1.807, 2.05) is 85.8 Å². The van der Waals surface area contributed by atoms with Gasteiger partial charge in [-0.1, -0.05) is 54.6 Å². The van der Waals surface area contributed by atoms with E-state index in [1.54, 1.807) is 14.2 Å². The lowest BCUT2D eigenvalue weighted by Crippen LogP contribution is -2.49. The number of benzene rings is 3. The summed E-state index contributed by atoms with van der Waals surface area (Å²) in [4.78, 5) is 26.0. The van der Waals surface area contributed by atoms with E-state index in [2.05, 4.69) is 10.6 Å². The van der Waals surface area contributed by atoms with E-state index in [4.69, 9.17) is 9.47 Å². The molecule has 2 unspecified atom stereocenters. The highest BCUT2D eigenvalue weighted by Crippen LogP contribution is 2.16. The van der Waals surface area contributed by atoms with Gasteiger partial charge in [-0.2, -0.15) is 0 Å². The lowest BCUT2D eigenvalue weighted by Gasteiger charge is -2.22. The molecule has 3 aromatic carbocycles. The molecule has 0 bridgehead atoms. The lowest BCUT2D eigenvalue weighted by molar-refractivity contribution is -0.129. The summed E-state index contributed by atoms with van der Waals surface area (Å²) in [5, 5.41) is 5.94. The predicted molar refractivity (Wildman–Crippen MR) is 128 cm³/mol. The first-order chi connectivity index (χ1) is 16.0. The maximum Gasteiger partial charge on any atom is 0.243 e. The van der Waals surface area contributed by atoms with Crippen LogP contribution in [0.1, 0.15) is 29.7 Å². The molecule has 6 nitrogen and oxygen atoms in total. The van der Waals surface area contributed by atoms with Crippen molar-refractivity contribution in [2.24, 2.45) is 0 Å². The summed E-state index contributed by atoms with van der Waals surface area (Å²) in [7, 11) is 3.20. The molecule has 0 saturated carbocycles. The maximum atomic E-state index is 13.2. The summed E-state index contributed by atoms with van der Waals surface area (Å²) < 4.78 is 10.5. The Kier molecular flexibility index (Phi) is 8.47. The first-order valence-electron chi connectivity index (χ1n) is 10.9. The molecule has 0 aliphatic rings. The van der Waals surface area contributed by atoms with Crippen LogP contribution < -0.4 is 20.1 Å². The molecule has 0 radical (unpaired) electrons. The number of nitrogens with one attached hydrogen (secondary N) is 2. The number of carbonyl (C=O) groups excluding carboxylic acids is 2. The summed E-state index contributed by atoms with van der Waals surface area (Å²) in [6, 6.07) is 23.6. The van der Waals surface area contributed by atoms with Crippen molar-refractivity contribution in [2.45, 2.75) is 31.8 Å². The van der Waals surface area contributed by atoms with Crippen LogP contribution in [0, 0.1) is 0 Å². The van der Waals surface area contributed by atoms with Crippen molar-refractivity contribution >= 4 is 11.8 Å². The third-order valence-corrected chi connectivity index (χ3v) is 5.41. The van der Waals surface area contributed by atoms with Crippen LogP contribution in [0.4, 0.5) is 0 Å². The molecule has 172 valence electrons. The number of amides is 2. The van der Waals surface area contributed by atoms with Crippen LogP contribution in [-0.4, -0.2) is 32.1 Å². The number of rotatable bonds is 10. The van der Waals surface area contributed by atoms with E-state index in [0.717, 1.165) is 22.4 Å². The Bertz CT molecular complexity index is 1050. The van der Waals surface area contributed by atoms with Gasteiger partial charge in [0.25, 0.3) is 0 Å². The number of hydrogen-bond donors (Lipinski definition) is 2. The van der Waals surface area contributed by atoms with Gasteiger partial charge in [-0.15, -0.1) is 0 Å². The molecule has 33 heavy (non-hydrogen) atoms. The molecular weight excluding hydrogens is 416 g/mol. The predicted octanol–water partition coefficient (Wildman–Crippen LogP) is 3.85. The van der Waals surface area contributed by atoms with E-state index < -0.39 is 6.04 Å². The second-order valence-corrected chi connectivity index (χ2v) is 7.84. The highest BCUT2D eigenvalue weighted by Gasteiger charge is 2.23. The fraction of sp³-hybridized carbons (Fsp3) is 0.259. The third kappa shape index (κ3) is 7.10. The molecular formula is C27H30N2O4. The molecule has 2 N–H and O–H groups in total. The second-order valence-electron chi connectivity index (χ2n) is 7.84. The molecule has 0 spiro atoms. The van der Waals surface area contributed by atoms with Crippen molar-refractivity contribution < 1.29 is 19.1 Å². The summed E-state index contributed by atoms with van der Waals surface area (Å²) >= 11 is 0. The van der Waals surface area contributed by atoms with Crippen molar-refractivity contribution in [1.82, 2.24) is 10.6 Å². The standard InChI is InChI=1S/C27H30N2O4/c1-19(22-9-5-4-6-10-22)28-27(31)25(17-21-8-7-11-24(16-21)33-3)29-26(30)18-20-12-14-23(32-2)15-13-20/h4-16,19,25H,17-18H2,1-3H3,(H,28,31)(H,29,30). The number of ether oxygens (including phenoxy) is 2. The smallest absolute Gasteiger partial charge is 0.243 e. The molecule has 6 heteroatoms. The van der Waals surface area contributed by atoms with Gasteiger partial charge in [0.2, 0.25) is 11.8 Å². The van der Waals surface area contributed by atoms with Crippen molar-refractivity contribution in [2.75, 3.05) is 14.2 Å². The number of hydrogen-bond acceptors (Lipinski definition) is 4. The van der Waals surface area contributed by atoms with Crippen LogP contribution in [0.15, 0.2) is 78.9 Å². The van der Waals surface area contributed by atoms with Gasteiger partial charge in [-0.25, -0.2) is 0 Å². The van der Waals surface area contributed by atoms with Crippen LogP contribution in [0.5, 0.6) is 11.5 Å². The Morgan fingerprint density at radius 3 is 2.15 bits per heavy atom. The van der Waals surface area contributed by atoms with Crippen LogP contribution in [0.25, 0.3) is 0 Å². The fourth-order valence-corrected chi connectivity index (χ4v) is 3.56. The molecule has 0 aliphatic carbocycles. The summed E-state index contributed by atoms with van der Waals surface area (Å²) in [5.41, 5.74) is 2.73. The molecule has 0 heterocycles. The van der Waals surface area contributed by atoms with Gasteiger partial charge in [0.1, 0.15) is 17.5 Å². The SMILES string of the molecule is COc1ccc(CC(=O)NC(Cc2cccc(OC)c2)C(=O)NC(C)c2ccccc2)cc1. The monoisotopic (exact) mass is 446 g/mol. The Morgan fingerprint density at radius 1 is 0.788 bits per heavy atom. The Morgan fingerprint density at radius 2 is 1.48 bits per heavy atom. The normalized spacial score (nSPS) is 12.3. The second kappa shape index (κ2) is 11.7. The molecule has 0 saturated heterocycles. The highest BCUT2D eigenvalue weighted by atomic mass is 16.5. The highest BCUT2D eigenvalue weighted by molar-refractivity contribution is 5.88. The van der Waals surface area contributed by atoms with Gasteiger partial charge in [0, 0.05) is 6.42 Å². The van der Waals surface area contributed by atoms with E-state index in [9.17, 15) is 9.59 Å². The van der Waals surface area contributed by atoms with E-state index in [1.165, 1.54) is 0 Å². The van der Waals surface area contributed by atoms with Crippen molar-refractivity contribution in [3.05, 3.63) is 95.6 Å². The molecule has 3 rings (SSSR count). The Labute approximate surface area is 194 Å². The van der Waals surface area contributed by atoms with Gasteiger partial charge < -0.3 is 20.1 Å². The molecule has 0 aliphatic heterocycles. The summed E-state index contributed by atoms with van der Waals surface area (Å²) in [6.45, 7) is 1.93. The van der Waals surface area contributed by atoms with Crippen molar-refractivity contribution in [1.29, 1.82) is 0 Å². The van der Waals surface area contributed by atoms with Crippen LogP contribution in [0.2, 0.25) is 0 Å². The van der Waals surface area contributed by atoms with Gasteiger partial charge >= 0.3 is 0 Å². The summed E-state index contributed by atoms with van der Waals surface area (Å²) in [6.07, 6.45) is 0.513. The van der Waals surface area contributed by atoms with Gasteiger partial charge in [-0.05, 0) is 47.9 Å². The molecule has 3 aromatic rings. The fourth-order valence-electron chi connectivity index (χ4n) is 3.56. The van der Waals surface area contributed by atoms with E-state index >= 15 is 0 Å². The number of methoxy groups -OCH3 is 2. The Hall–Kier alpha value is -3.80. The van der Waals surface area contributed by atoms with E-state index in [-0.39, 0.29) is 24.3 Å². The zero-order valence-electron chi connectivity index (χ0n) is 19.2. The van der Waals surface area contributed by atoms with E-state index in [0.29, 0.717) is 12.2 Å². The number of carbonyl (C=O) groups is 2. The third-order valence-electron chi connectivity index (χ3n) is 5.41. The average molecular weight is 447 g/mol. The minimum atomic E-state index is -0.728. The zero-order valence-corrected chi connectivity index (χ0v) is 19.2. The maximum absolute atomic E-state index is 13.2. The van der Waals surface area contributed by atoms with Crippen LogP contribution in [0.3, 0.4) is 0 Å². The lowest BCUT2D eigenvalue weighted by atomic mass is 10.0. The topological polar surface area (TPSA) is 76.7 Å². The van der Waals surface area contributed by atoms with Crippen LogP contribution in [-0.2, 0) is 22.4 Å². The van der Waals surface area contributed by atoms with Crippen molar-refractivity contribution in [3.8, 4) is 11.5 Å². The molecule has 2 amide bonds. The first-order valence-corrected chi connectivity index (χ1v) is 10.9. The van der Waals surface area contributed by atoms with Gasteiger partial charge in [0.05, 0.1) is 26.7 Å². The molecule has 0 aromatic heterocycles. The zero-order chi connectivity index (χ0) is 23.6. The van der Waals surface area contributed by atoms with Gasteiger partial charge in [0.15, 0.2) is 0 Å². The molecule has 0 fully saturated rings. The summed E-state index contributed by atoms with van der Waals surface area (Å²) in [5.74, 6) is 0.964. The first kappa shape index (κ1) is 23.9. The minimum Gasteiger partial charge on any atom is -0.497 e. The molecule has 2 atom stereocenters. The van der Waals surface area contributed by atoms with Gasteiger partial charge in [-0.3, -0.25) is 9.59 Å². The Balaban J connectivity index is 1.73. The quantitative estimate of drug-likeness (QED) is 0.496.